The number of nitrogens with one attached hydrogen (secondary N) is 1. The van der Waals surface area contributed by atoms with Gasteiger partial charge in [0.15, 0.2) is 0 Å². The maximum absolute atomic E-state index is 12.6. The lowest BCUT2D eigenvalue weighted by Crippen LogP contribution is -2.45. The van der Waals surface area contributed by atoms with Crippen LogP contribution in [0.25, 0.3) is 0 Å². The van der Waals surface area contributed by atoms with Crippen LogP contribution in [0.2, 0.25) is 0 Å². The summed E-state index contributed by atoms with van der Waals surface area (Å²) < 4.78 is 0. The monoisotopic (exact) mass is 292 g/mol. The Labute approximate surface area is 125 Å². The van der Waals surface area contributed by atoms with E-state index in [4.69, 9.17) is 0 Å². The maximum Gasteiger partial charge on any atom is 0.241 e. The Morgan fingerprint density at radius 3 is 2.70 bits per heavy atom. The molecule has 1 saturated heterocycles. The fourth-order valence-electron chi connectivity index (χ4n) is 3.72. The Morgan fingerprint density at radius 1 is 1.40 bits per heavy atom. The van der Waals surface area contributed by atoms with E-state index in [1.54, 1.807) is 11.3 Å². The number of nitrogens with zero attached hydrogens (tertiary/aromatic N) is 1. The van der Waals surface area contributed by atoms with Crippen LogP contribution >= 0.6 is 11.3 Å². The molecule has 110 valence electrons. The first kappa shape index (κ1) is 14.1. The molecule has 0 spiro atoms. The van der Waals surface area contributed by atoms with Gasteiger partial charge in [-0.3, -0.25) is 10.1 Å². The molecule has 1 amide bonds. The summed E-state index contributed by atoms with van der Waals surface area (Å²) in [6.45, 7) is 8.71. The van der Waals surface area contributed by atoms with Gasteiger partial charge in [-0.15, -0.1) is 11.3 Å². The molecule has 3 rings (SSSR count). The fourth-order valence-corrected chi connectivity index (χ4v) is 4.65. The Bertz CT molecular complexity index is 522. The van der Waals surface area contributed by atoms with E-state index in [1.165, 1.54) is 22.6 Å². The lowest BCUT2D eigenvalue weighted by atomic mass is 9.86. The highest BCUT2D eigenvalue weighted by Gasteiger charge is 2.48. The molecule has 3 unspecified atom stereocenters. The molecule has 1 saturated carbocycles. The van der Waals surface area contributed by atoms with Gasteiger partial charge in [-0.2, -0.15) is 0 Å². The quantitative estimate of drug-likeness (QED) is 0.905. The first-order chi connectivity index (χ1) is 9.40. The zero-order chi connectivity index (χ0) is 14.5. The van der Waals surface area contributed by atoms with Crippen LogP contribution in [0.4, 0.5) is 0 Å². The Hall–Kier alpha value is -0.870. The van der Waals surface area contributed by atoms with Crippen LogP contribution in [0.5, 0.6) is 0 Å². The van der Waals surface area contributed by atoms with E-state index in [2.05, 4.69) is 43.1 Å². The van der Waals surface area contributed by atoms with Crippen molar-refractivity contribution in [2.75, 3.05) is 0 Å². The summed E-state index contributed by atoms with van der Waals surface area (Å²) in [5.41, 5.74) is 0.228. The minimum Gasteiger partial charge on any atom is -0.317 e. The molecule has 2 fully saturated rings. The second-order valence-electron chi connectivity index (χ2n) is 6.88. The number of carbonyl (C=O) groups excluding carboxylic acids is 1. The number of rotatable bonds is 2. The predicted octanol–water partition coefficient (Wildman–Crippen LogP) is 3.45. The highest BCUT2D eigenvalue weighted by Crippen LogP contribution is 2.45. The third-order valence-corrected chi connectivity index (χ3v) is 5.93. The van der Waals surface area contributed by atoms with Crippen molar-refractivity contribution in [2.45, 2.75) is 65.2 Å². The van der Waals surface area contributed by atoms with Gasteiger partial charge in [0, 0.05) is 15.8 Å². The summed E-state index contributed by atoms with van der Waals surface area (Å²) in [6, 6.07) is 4.60. The van der Waals surface area contributed by atoms with Crippen LogP contribution in [0, 0.1) is 12.3 Å². The average Bonchev–Trinajstić information content (AvgIpc) is 3.01. The fraction of sp³-hybridized carbons (Fsp3) is 0.688. The summed E-state index contributed by atoms with van der Waals surface area (Å²) >= 11 is 1.80. The summed E-state index contributed by atoms with van der Waals surface area (Å²) in [4.78, 5) is 17.4. The van der Waals surface area contributed by atoms with Crippen molar-refractivity contribution < 1.29 is 4.79 Å². The van der Waals surface area contributed by atoms with Crippen molar-refractivity contribution >= 4 is 17.2 Å². The minimum atomic E-state index is -0.0705. The number of hydrogen-bond acceptors (Lipinski definition) is 3. The molecule has 1 aliphatic carbocycles. The van der Waals surface area contributed by atoms with E-state index < -0.39 is 0 Å². The third-order valence-electron chi connectivity index (χ3n) is 4.88. The highest BCUT2D eigenvalue weighted by atomic mass is 32.1. The van der Waals surface area contributed by atoms with Crippen molar-refractivity contribution in [1.29, 1.82) is 0 Å². The highest BCUT2D eigenvalue weighted by molar-refractivity contribution is 7.12. The van der Waals surface area contributed by atoms with Crippen LogP contribution in [-0.4, -0.2) is 22.9 Å². The molecule has 1 aromatic rings. The van der Waals surface area contributed by atoms with E-state index >= 15 is 0 Å². The van der Waals surface area contributed by atoms with Crippen molar-refractivity contribution in [3.63, 3.8) is 0 Å². The first-order valence-electron chi connectivity index (χ1n) is 7.55. The van der Waals surface area contributed by atoms with Crippen LogP contribution < -0.4 is 5.32 Å². The predicted molar refractivity (Wildman–Crippen MR) is 82.7 cm³/mol. The van der Waals surface area contributed by atoms with Crippen LogP contribution in [0.1, 0.15) is 56.0 Å². The molecule has 4 heteroatoms. The molecule has 1 N–H and O–H groups in total. The smallest absolute Gasteiger partial charge is 0.241 e. The topological polar surface area (TPSA) is 32.3 Å². The molecule has 2 heterocycles. The largest absolute Gasteiger partial charge is 0.317 e. The van der Waals surface area contributed by atoms with Gasteiger partial charge in [0.2, 0.25) is 5.91 Å². The number of aryl methyl sites for hydroxylation is 1. The van der Waals surface area contributed by atoms with Crippen molar-refractivity contribution in [3.05, 3.63) is 21.9 Å². The van der Waals surface area contributed by atoms with E-state index in [9.17, 15) is 4.79 Å². The normalized spacial score (nSPS) is 33.1. The molecule has 3 nitrogen and oxygen atoms in total. The van der Waals surface area contributed by atoms with E-state index in [1.807, 2.05) is 6.92 Å². The number of amides is 1. The standard InChI is InChI=1S/C16H24N2OS/c1-10-7-8-12(20-10)14-17-11(2)15(19)18(14)13-6-5-9-16(13,3)4/h7-8,11,13-14,17H,5-6,9H2,1-4H3. The molecule has 20 heavy (non-hydrogen) atoms. The van der Waals surface area contributed by atoms with E-state index in [0.717, 1.165) is 6.42 Å². The molecular formula is C16H24N2OS. The molecule has 1 aromatic heterocycles. The second-order valence-corrected chi connectivity index (χ2v) is 8.20. The van der Waals surface area contributed by atoms with Crippen molar-refractivity contribution in [3.8, 4) is 0 Å². The maximum atomic E-state index is 12.6. The zero-order valence-electron chi connectivity index (χ0n) is 12.8. The number of thiophene rings is 1. The summed E-state index contributed by atoms with van der Waals surface area (Å²) in [5.74, 6) is 0.265. The van der Waals surface area contributed by atoms with Gasteiger partial charge in [-0.05, 0) is 44.2 Å². The van der Waals surface area contributed by atoms with Gasteiger partial charge in [0.05, 0.1) is 6.04 Å². The van der Waals surface area contributed by atoms with Crippen molar-refractivity contribution in [2.24, 2.45) is 5.41 Å². The van der Waals surface area contributed by atoms with Crippen LogP contribution in [-0.2, 0) is 4.79 Å². The lowest BCUT2D eigenvalue weighted by Gasteiger charge is -2.38. The van der Waals surface area contributed by atoms with E-state index in [0.29, 0.717) is 6.04 Å². The van der Waals surface area contributed by atoms with Gasteiger partial charge < -0.3 is 4.90 Å². The van der Waals surface area contributed by atoms with Gasteiger partial charge in [0.1, 0.15) is 6.17 Å². The van der Waals surface area contributed by atoms with E-state index in [-0.39, 0.29) is 23.5 Å². The van der Waals surface area contributed by atoms with Gasteiger partial charge in [0.25, 0.3) is 0 Å². The van der Waals surface area contributed by atoms with Crippen LogP contribution in [0.3, 0.4) is 0 Å². The summed E-state index contributed by atoms with van der Waals surface area (Å²) in [5, 5.41) is 3.48. The first-order valence-corrected chi connectivity index (χ1v) is 8.36. The molecule has 0 aromatic carbocycles. The second kappa shape index (κ2) is 4.85. The molecule has 1 aliphatic heterocycles. The number of carbonyl (C=O) groups is 1. The molecule has 2 aliphatic rings. The lowest BCUT2D eigenvalue weighted by molar-refractivity contribution is -0.134. The molecule has 3 atom stereocenters. The van der Waals surface area contributed by atoms with Crippen molar-refractivity contribution in [1.82, 2.24) is 10.2 Å². The number of hydrogen-bond donors (Lipinski definition) is 1. The Kier molecular flexibility index (Phi) is 3.41. The van der Waals surface area contributed by atoms with Gasteiger partial charge in [-0.1, -0.05) is 20.3 Å². The third kappa shape index (κ3) is 2.19. The molecule has 0 radical (unpaired) electrons. The Balaban J connectivity index is 1.95. The van der Waals surface area contributed by atoms with Crippen LogP contribution in [0.15, 0.2) is 12.1 Å². The molecule has 0 bridgehead atoms. The Morgan fingerprint density at radius 2 is 2.15 bits per heavy atom. The van der Waals surface area contributed by atoms with Gasteiger partial charge >= 0.3 is 0 Å². The zero-order valence-corrected chi connectivity index (χ0v) is 13.6. The summed E-state index contributed by atoms with van der Waals surface area (Å²) in [7, 11) is 0. The SMILES string of the molecule is Cc1ccc(C2NC(C)C(=O)N2C2CCCC2(C)C)s1. The van der Waals surface area contributed by atoms with Gasteiger partial charge in [-0.25, -0.2) is 0 Å². The average molecular weight is 292 g/mol. The molecular weight excluding hydrogens is 268 g/mol. The summed E-state index contributed by atoms with van der Waals surface area (Å²) in [6.07, 6.45) is 3.64. The minimum absolute atomic E-state index is 0.0681.